The zero-order chi connectivity index (χ0) is 19.9. The summed E-state index contributed by atoms with van der Waals surface area (Å²) in [7, 11) is -3.94. The molecule has 2 aromatic rings. The molecule has 0 radical (unpaired) electrons. The molecular formula is C20H19ClN2O4S. The largest absolute Gasteiger partial charge is 0.378 e. The number of carbonyl (C=O) groups is 1. The van der Waals surface area contributed by atoms with Gasteiger partial charge in [0.25, 0.3) is 5.91 Å². The van der Waals surface area contributed by atoms with Crippen LogP contribution in [0.2, 0.25) is 5.02 Å². The third-order valence-corrected chi connectivity index (χ3v) is 6.98. The lowest BCUT2D eigenvalue weighted by molar-refractivity contribution is -0.130. The lowest BCUT2D eigenvalue weighted by atomic mass is 10.1. The number of nitrogens with one attached hydrogen (secondary N) is 1. The van der Waals surface area contributed by atoms with Crippen LogP contribution in [0.25, 0.3) is 5.70 Å². The van der Waals surface area contributed by atoms with E-state index in [9.17, 15) is 13.2 Å². The van der Waals surface area contributed by atoms with Gasteiger partial charge in [0, 0.05) is 29.4 Å². The second-order valence-electron chi connectivity index (χ2n) is 6.69. The molecule has 2 aliphatic heterocycles. The van der Waals surface area contributed by atoms with Crippen molar-refractivity contribution in [3.05, 3.63) is 63.5 Å². The summed E-state index contributed by atoms with van der Waals surface area (Å²) < 4.78 is 31.7. The molecule has 1 fully saturated rings. The van der Waals surface area contributed by atoms with Crippen LogP contribution in [-0.2, 0) is 19.4 Å². The normalized spacial score (nSPS) is 18.1. The third-order valence-electron chi connectivity index (χ3n) is 4.89. The number of morpholine rings is 1. The highest BCUT2D eigenvalue weighted by molar-refractivity contribution is 7.97. The predicted molar refractivity (Wildman–Crippen MR) is 108 cm³/mol. The van der Waals surface area contributed by atoms with Crippen LogP contribution in [0.15, 0.2) is 52.3 Å². The lowest BCUT2D eigenvalue weighted by Crippen LogP contribution is -2.42. The molecule has 2 aromatic carbocycles. The summed E-state index contributed by atoms with van der Waals surface area (Å²) in [6.45, 7) is 3.39. The number of benzene rings is 2. The fraction of sp³-hybridized carbons (Fsp3) is 0.250. The number of carbonyl (C=O) groups excluding carboxylic acids is 1. The van der Waals surface area contributed by atoms with Gasteiger partial charge >= 0.3 is 0 Å². The number of nitrogens with zero attached hydrogens (tertiary/aromatic N) is 1. The quantitative estimate of drug-likeness (QED) is 0.829. The molecule has 1 N–H and O–H groups in total. The minimum absolute atomic E-state index is 0.133. The monoisotopic (exact) mass is 418 g/mol. The van der Waals surface area contributed by atoms with Gasteiger partial charge in [0.15, 0.2) is 4.91 Å². The first-order valence-corrected chi connectivity index (χ1v) is 10.7. The Morgan fingerprint density at radius 3 is 2.61 bits per heavy atom. The first-order chi connectivity index (χ1) is 13.4. The highest BCUT2D eigenvalue weighted by atomic mass is 35.5. The number of anilines is 1. The van der Waals surface area contributed by atoms with E-state index in [4.69, 9.17) is 16.3 Å². The fourth-order valence-electron chi connectivity index (χ4n) is 3.39. The molecule has 1 amide bonds. The first kappa shape index (κ1) is 19.0. The summed E-state index contributed by atoms with van der Waals surface area (Å²) in [5.41, 5.74) is 2.31. The van der Waals surface area contributed by atoms with Crippen molar-refractivity contribution in [1.29, 1.82) is 0 Å². The Morgan fingerprint density at radius 1 is 1.14 bits per heavy atom. The second-order valence-corrected chi connectivity index (χ2v) is 8.98. The molecule has 0 atom stereocenters. The Morgan fingerprint density at radius 2 is 1.86 bits per heavy atom. The minimum atomic E-state index is -3.94. The summed E-state index contributed by atoms with van der Waals surface area (Å²) >= 11 is 6.12. The van der Waals surface area contributed by atoms with E-state index in [0.29, 0.717) is 42.6 Å². The molecule has 28 heavy (non-hydrogen) atoms. The van der Waals surface area contributed by atoms with Crippen molar-refractivity contribution in [3.8, 4) is 0 Å². The zero-order valence-corrected chi connectivity index (χ0v) is 16.8. The van der Waals surface area contributed by atoms with Crippen LogP contribution >= 0.6 is 11.6 Å². The molecule has 0 aliphatic carbocycles. The predicted octanol–water partition coefficient (Wildman–Crippen LogP) is 3.08. The van der Waals surface area contributed by atoms with Gasteiger partial charge in [-0.1, -0.05) is 35.9 Å². The van der Waals surface area contributed by atoms with Crippen LogP contribution in [0, 0.1) is 6.92 Å². The van der Waals surface area contributed by atoms with Crippen molar-refractivity contribution in [2.24, 2.45) is 0 Å². The molecule has 4 rings (SSSR count). The van der Waals surface area contributed by atoms with Gasteiger partial charge in [-0.15, -0.1) is 0 Å². The minimum Gasteiger partial charge on any atom is -0.378 e. The maximum absolute atomic E-state index is 13.2. The topological polar surface area (TPSA) is 75.7 Å². The van der Waals surface area contributed by atoms with Gasteiger partial charge in [-0.3, -0.25) is 4.79 Å². The molecule has 0 bridgehead atoms. The van der Waals surface area contributed by atoms with E-state index in [1.54, 1.807) is 30.3 Å². The Kier molecular flexibility index (Phi) is 4.91. The SMILES string of the molecule is Cc1ccc(Cl)cc1NC1=C(C(=O)N2CCOCC2)S(=O)(=O)c2ccccc21. The van der Waals surface area contributed by atoms with Crippen molar-refractivity contribution >= 4 is 38.7 Å². The standard InChI is InChI=1S/C20H19ClN2O4S/c1-13-6-7-14(21)12-16(13)22-18-15-4-2-3-5-17(15)28(25,26)19(18)20(24)23-8-10-27-11-9-23/h2-7,12,22H,8-11H2,1H3. The van der Waals surface area contributed by atoms with Gasteiger partial charge in [-0.2, -0.15) is 0 Å². The molecular weight excluding hydrogens is 400 g/mol. The molecule has 146 valence electrons. The Hall–Kier alpha value is -2.35. The Balaban J connectivity index is 1.87. The first-order valence-electron chi connectivity index (χ1n) is 8.88. The van der Waals surface area contributed by atoms with Crippen LogP contribution in [-0.4, -0.2) is 45.5 Å². The zero-order valence-electron chi connectivity index (χ0n) is 15.2. The highest BCUT2D eigenvalue weighted by Crippen LogP contribution is 2.41. The van der Waals surface area contributed by atoms with E-state index in [0.717, 1.165) is 5.56 Å². The number of rotatable bonds is 3. The highest BCUT2D eigenvalue weighted by Gasteiger charge is 2.42. The summed E-state index contributed by atoms with van der Waals surface area (Å²) in [5.74, 6) is -0.512. The maximum Gasteiger partial charge on any atom is 0.268 e. The van der Waals surface area contributed by atoms with Gasteiger partial charge in [0.05, 0.1) is 23.8 Å². The molecule has 8 heteroatoms. The van der Waals surface area contributed by atoms with Gasteiger partial charge in [-0.05, 0) is 30.7 Å². The molecule has 0 aromatic heterocycles. The Bertz CT molecular complexity index is 1090. The number of amides is 1. The summed E-state index contributed by atoms with van der Waals surface area (Å²) in [6.07, 6.45) is 0. The molecule has 2 heterocycles. The number of hydrogen-bond acceptors (Lipinski definition) is 5. The van der Waals surface area contributed by atoms with Gasteiger partial charge in [-0.25, -0.2) is 8.42 Å². The Labute approximate surface area is 168 Å². The summed E-state index contributed by atoms with van der Waals surface area (Å²) in [6, 6.07) is 11.9. The van der Waals surface area contributed by atoms with E-state index in [2.05, 4.69) is 5.32 Å². The van der Waals surface area contributed by atoms with Crippen molar-refractivity contribution in [3.63, 3.8) is 0 Å². The smallest absolute Gasteiger partial charge is 0.268 e. The number of fused-ring (bicyclic) bond motifs is 1. The van der Waals surface area contributed by atoms with E-state index in [1.165, 1.54) is 11.0 Å². The van der Waals surface area contributed by atoms with E-state index >= 15 is 0 Å². The molecule has 2 aliphatic rings. The molecule has 1 saturated heterocycles. The van der Waals surface area contributed by atoms with Crippen molar-refractivity contribution in [2.75, 3.05) is 31.6 Å². The van der Waals surface area contributed by atoms with E-state index < -0.39 is 15.7 Å². The fourth-order valence-corrected chi connectivity index (χ4v) is 5.29. The van der Waals surface area contributed by atoms with Crippen LogP contribution in [0.3, 0.4) is 0 Å². The number of ether oxygens (including phenoxy) is 1. The third kappa shape index (κ3) is 3.19. The van der Waals surface area contributed by atoms with Crippen molar-refractivity contribution < 1.29 is 17.9 Å². The van der Waals surface area contributed by atoms with E-state index in [1.807, 2.05) is 13.0 Å². The maximum atomic E-state index is 13.2. The number of hydrogen-bond donors (Lipinski definition) is 1. The number of aryl methyl sites for hydroxylation is 1. The molecule has 6 nitrogen and oxygen atoms in total. The van der Waals surface area contributed by atoms with Crippen LogP contribution in [0.1, 0.15) is 11.1 Å². The van der Waals surface area contributed by atoms with Crippen molar-refractivity contribution in [2.45, 2.75) is 11.8 Å². The molecule has 0 saturated carbocycles. The van der Waals surface area contributed by atoms with Crippen LogP contribution in [0.5, 0.6) is 0 Å². The number of halogens is 1. The summed E-state index contributed by atoms with van der Waals surface area (Å²) in [5, 5.41) is 3.69. The van der Waals surface area contributed by atoms with E-state index in [-0.39, 0.29) is 15.5 Å². The average Bonchev–Trinajstić information content (AvgIpc) is 2.92. The van der Waals surface area contributed by atoms with Gasteiger partial charge in [0.2, 0.25) is 9.84 Å². The van der Waals surface area contributed by atoms with Crippen molar-refractivity contribution in [1.82, 2.24) is 4.90 Å². The van der Waals surface area contributed by atoms with Gasteiger partial charge < -0.3 is 15.0 Å². The summed E-state index contributed by atoms with van der Waals surface area (Å²) in [4.78, 5) is 14.6. The lowest BCUT2D eigenvalue weighted by Gasteiger charge is -2.27. The average molecular weight is 419 g/mol. The molecule has 0 spiro atoms. The van der Waals surface area contributed by atoms with Gasteiger partial charge in [0.1, 0.15) is 0 Å². The van der Waals surface area contributed by atoms with Crippen LogP contribution < -0.4 is 5.32 Å². The second kappa shape index (κ2) is 7.24. The van der Waals surface area contributed by atoms with Crippen LogP contribution in [0.4, 0.5) is 5.69 Å². The number of sulfone groups is 1. The molecule has 0 unspecified atom stereocenters.